The summed E-state index contributed by atoms with van der Waals surface area (Å²) in [6.07, 6.45) is 0. The monoisotopic (exact) mass is 354 g/mol. The SMILES string of the molecule is CC(C)c1c(CN2CCNCC2)cc(Br)c2c1OCCO2. The first-order valence-corrected chi connectivity index (χ1v) is 8.50. The lowest BCUT2D eigenvalue weighted by Crippen LogP contribution is -2.43. The van der Waals surface area contributed by atoms with E-state index >= 15 is 0 Å². The average Bonchev–Trinajstić information content (AvgIpc) is 2.48. The summed E-state index contributed by atoms with van der Waals surface area (Å²) in [6, 6.07) is 2.21. The lowest BCUT2D eigenvalue weighted by atomic mass is 9.94. The van der Waals surface area contributed by atoms with Gasteiger partial charge in [-0.2, -0.15) is 0 Å². The van der Waals surface area contributed by atoms with Crippen molar-refractivity contribution in [2.24, 2.45) is 0 Å². The molecule has 0 atom stereocenters. The standard InChI is InChI=1S/C16H23BrN2O2/c1-11(2)14-12(10-19-5-3-18-4-6-19)9-13(17)15-16(14)21-8-7-20-15/h9,11,18H,3-8,10H2,1-2H3. The Bertz CT molecular complexity index is 513. The number of benzene rings is 1. The van der Waals surface area contributed by atoms with Gasteiger partial charge >= 0.3 is 0 Å². The lowest BCUT2D eigenvalue weighted by Gasteiger charge is -2.31. The fraction of sp³-hybridized carbons (Fsp3) is 0.625. The van der Waals surface area contributed by atoms with Gasteiger partial charge < -0.3 is 14.8 Å². The highest BCUT2D eigenvalue weighted by Gasteiger charge is 2.25. The smallest absolute Gasteiger partial charge is 0.175 e. The van der Waals surface area contributed by atoms with Crippen LogP contribution in [0.15, 0.2) is 10.5 Å². The van der Waals surface area contributed by atoms with Gasteiger partial charge in [-0.25, -0.2) is 0 Å². The Kier molecular flexibility index (Phi) is 4.72. The molecule has 1 fully saturated rings. The van der Waals surface area contributed by atoms with E-state index in [0.29, 0.717) is 19.1 Å². The van der Waals surface area contributed by atoms with Gasteiger partial charge in [-0.15, -0.1) is 0 Å². The molecule has 21 heavy (non-hydrogen) atoms. The highest BCUT2D eigenvalue weighted by molar-refractivity contribution is 9.10. The minimum Gasteiger partial charge on any atom is -0.486 e. The molecule has 0 unspecified atom stereocenters. The summed E-state index contributed by atoms with van der Waals surface area (Å²) in [5.41, 5.74) is 2.65. The third-order valence-corrected chi connectivity index (χ3v) is 4.66. The van der Waals surface area contributed by atoms with E-state index in [-0.39, 0.29) is 0 Å². The summed E-state index contributed by atoms with van der Waals surface area (Å²) >= 11 is 3.65. The Labute approximate surface area is 134 Å². The van der Waals surface area contributed by atoms with Gasteiger partial charge in [0.15, 0.2) is 11.5 Å². The summed E-state index contributed by atoms with van der Waals surface area (Å²) in [6.45, 7) is 11.0. The van der Waals surface area contributed by atoms with E-state index < -0.39 is 0 Å². The minimum atomic E-state index is 0.423. The normalized spacial score (nSPS) is 19.0. The lowest BCUT2D eigenvalue weighted by molar-refractivity contribution is 0.167. The molecule has 116 valence electrons. The molecule has 1 aromatic carbocycles. The van der Waals surface area contributed by atoms with E-state index in [2.05, 4.69) is 46.1 Å². The Morgan fingerprint density at radius 3 is 2.52 bits per heavy atom. The summed E-state index contributed by atoms with van der Waals surface area (Å²) in [7, 11) is 0. The fourth-order valence-electron chi connectivity index (χ4n) is 3.11. The molecule has 0 bridgehead atoms. The average molecular weight is 355 g/mol. The highest BCUT2D eigenvalue weighted by atomic mass is 79.9. The number of nitrogens with one attached hydrogen (secondary N) is 1. The van der Waals surface area contributed by atoms with E-state index in [4.69, 9.17) is 9.47 Å². The summed E-state index contributed by atoms with van der Waals surface area (Å²) in [5.74, 6) is 2.23. The molecule has 4 nitrogen and oxygen atoms in total. The van der Waals surface area contributed by atoms with E-state index in [1.807, 2.05) is 0 Å². The zero-order chi connectivity index (χ0) is 14.8. The fourth-order valence-corrected chi connectivity index (χ4v) is 3.68. The Hall–Kier alpha value is -0.780. The number of hydrogen-bond donors (Lipinski definition) is 1. The van der Waals surface area contributed by atoms with Crippen LogP contribution in [-0.4, -0.2) is 44.3 Å². The molecule has 0 aromatic heterocycles. The van der Waals surface area contributed by atoms with Gasteiger partial charge in [0.1, 0.15) is 13.2 Å². The minimum absolute atomic E-state index is 0.423. The zero-order valence-electron chi connectivity index (χ0n) is 12.7. The van der Waals surface area contributed by atoms with Gasteiger partial charge in [-0.1, -0.05) is 13.8 Å². The van der Waals surface area contributed by atoms with Gasteiger partial charge in [0.2, 0.25) is 0 Å². The van der Waals surface area contributed by atoms with Crippen molar-refractivity contribution in [3.8, 4) is 11.5 Å². The van der Waals surface area contributed by atoms with Crippen molar-refractivity contribution in [3.63, 3.8) is 0 Å². The number of hydrogen-bond acceptors (Lipinski definition) is 4. The van der Waals surface area contributed by atoms with Gasteiger partial charge in [0.05, 0.1) is 4.47 Å². The molecule has 0 aliphatic carbocycles. The predicted octanol–water partition coefficient (Wildman–Crippen LogP) is 2.75. The second kappa shape index (κ2) is 6.55. The molecule has 0 amide bonds. The molecule has 0 radical (unpaired) electrons. The van der Waals surface area contributed by atoms with Crippen molar-refractivity contribution in [1.82, 2.24) is 10.2 Å². The maximum absolute atomic E-state index is 5.94. The van der Waals surface area contributed by atoms with Crippen molar-refractivity contribution < 1.29 is 9.47 Å². The first-order valence-electron chi connectivity index (χ1n) is 7.70. The predicted molar refractivity (Wildman–Crippen MR) is 87.4 cm³/mol. The van der Waals surface area contributed by atoms with Crippen molar-refractivity contribution in [2.75, 3.05) is 39.4 Å². The van der Waals surface area contributed by atoms with Gasteiger partial charge in [0, 0.05) is 38.3 Å². The second-order valence-electron chi connectivity index (χ2n) is 5.97. The highest BCUT2D eigenvalue weighted by Crippen LogP contribution is 2.45. The van der Waals surface area contributed by atoms with Crippen LogP contribution in [-0.2, 0) is 6.54 Å². The number of nitrogens with zero attached hydrogens (tertiary/aromatic N) is 1. The van der Waals surface area contributed by atoms with Crippen molar-refractivity contribution in [1.29, 1.82) is 0 Å². The first-order chi connectivity index (χ1) is 10.2. The summed E-state index contributed by atoms with van der Waals surface area (Å²) in [4.78, 5) is 2.50. The number of halogens is 1. The van der Waals surface area contributed by atoms with Crippen molar-refractivity contribution in [3.05, 3.63) is 21.7 Å². The summed E-state index contributed by atoms with van der Waals surface area (Å²) < 4.78 is 12.7. The van der Waals surface area contributed by atoms with Crippen LogP contribution >= 0.6 is 15.9 Å². The van der Waals surface area contributed by atoms with E-state index in [1.54, 1.807) is 0 Å². The molecular formula is C16H23BrN2O2. The molecule has 2 aliphatic rings. The van der Waals surface area contributed by atoms with Gasteiger partial charge in [0.25, 0.3) is 0 Å². The second-order valence-corrected chi connectivity index (χ2v) is 6.82. The van der Waals surface area contributed by atoms with Crippen molar-refractivity contribution >= 4 is 15.9 Å². The molecule has 0 spiro atoms. The molecule has 2 heterocycles. The summed E-state index contributed by atoms with van der Waals surface area (Å²) in [5, 5.41) is 3.40. The third-order valence-electron chi connectivity index (χ3n) is 4.07. The molecule has 1 saturated heterocycles. The number of rotatable bonds is 3. The molecule has 2 aliphatic heterocycles. The third kappa shape index (κ3) is 3.20. The van der Waals surface area contributed by atoms with E-state index in [9.17, 15) is 0 Å². The largest absolute Gasteiger partial charge is 0.486 e. The molecule has 1 aromatic rings. The molecule has 3 rings (SSSR count). The van der Waals surface area contributed by atoms with Crippen LogP contribution < -0.4 is 14.8 Å². The molecule has 5 heteroatoms. The number of piperazine rings is 1. The quantitative estimate of drug-likeness (QED) is 0.904. The van der Waals surface area contributed by atoms with Crippen molar-refractivity contribution in [2.45, 2.75) is 26.3 Å². The maximum atomic E-state index is 5.94. The Balaban J connectivity index is 1.96. The van der Waals surface area contributed by atoms with Crippen LogP contribution in [0.2, 0.25) is 0 Å². The van der Waals surface area contributed by atoms with Crippen LogP contribution in [0, 0.1) is 0 Å². The molecule has 1 N–H and O–H groups in total. The van der Waals surface area contributed by atoms with Crippen LogP contribution in [0.1, 0.15) is 30.9 Å². The number of ether oxygens (including phenoxy) is 2. The molecular weight excluding hydrogens is 332 g/mol. The molecule has 0 saturated carbocycles. The van der Waals surface area contributed by atoms with Crippen LogP contribution in [0.25, 0.3) is 0 Å². The maximum Gasteiger partial charge on any atom is 0.175 e. The van der Waals surface area contributed by atoms with E-state index in [1.165, 1.54) is 11.1 Å². The topological polar surface area (TPSA) is 33.7 Å². The Morgan fingerprint density at radius 1 is 1.19 bits per heavy atom. The zero-order valence-corrected chi connectivity index (χ0v) is 14.3. The number of fused-ring (bicyclic) bond motifs is 1. The Morgan fingerprint density at radius 2 is 1.86 bits per heavy atom. The van der Waals surface area contributed by atoms with Crippen LogP contribution in [0.5, 0.6) is 11.5 Å². The van der Waals surface area contributed by atoms with Gasteiger partial charge in [-0.3, -0.25) is 4.90 Å². The van der Waals surface area contributed by atoms with E-state index in [0.717, 1.165) is 48.7 Å². The van der Waals surface area contributed by atoms with Crippen LogP contribution in [0.4, 0.5) is 0 Å². The van der Waals surface area contributed by atoms with Gasteiger partial charge in [-0.05, 0) is 33.5 Å². The van der Waals surface area contributed by atoms with Crippen LogP contribution in [0.3, 0.4) is 0 Å². The first kappa shape index (κ1) is 15.1.